The van der Waals surface area contributed by atoms with Crippen molar-refractivity contribution >= 4 is 17.2 Å². The van der Waals surface area contributed by atoms with Gasteiger partial charge in [0, 0.05) is 19.5 Å². The SMILES string of the molecule is CN(CCOc1ccc(CC(N)=S)cc1)CC1CC(O)C1. The number of aliphatic hydroxyl groups is 1. The average molecular weight is 308 g/mol. The van der Waals surface area contributed by atoms with E-state index in [4.69, 9.17) is 22.7 Å². The van der Waals surface area contributed by atoms with E-state index in [0.717, 1.165) is 37.2 Å². The van der Waals surface area contributed by atoms with Gasteiger partial charge in [0.25, 0.3) is 0 Å². The van der Waals surface area contributed by atoms with Crippen LogP contribution in [0.4, 0.5) is 0 Å². The summed E-state index contributed by atoms with van der Waals surface area (Å²) in [4.78, 5) is 2.77. The van der Waals surface area contributed by atoms with Crippen LogP contribution in [0.5, 0.6) is 5.75 Å². The fourth-order valence-electron chi connectivity index (χ4n) is 2.61. The van der Waals surface area contributed by atoms with Crippen LogP contribution in [0.1, 0.15) is 18.4 Å². The third kappa shape index (κ3) is 5.61. The molecule has 1 fully saturated rings. The zero-order valence-corrected chi connectivity index (χ0v) is 13.3. The lowest BCUT2D eigenvalue weighted by molar-refractivity contribution is 0.0269. The predicted octanol–water partition coefficient (Wildman–Crippen LogP) is 1.60. The van der Waals surface area contributed by atoms with Crippen molar-refractivity contribution in [3.8, 4) is 5.75 Å². The maximum absolute atomic E-state index is 9.27. The molecule has 0 spiro atoms. The molecule has 3 N–H and O–H groups in total. The van der Waals surface area contributed by atoms with Crippen molar-refractivity contribution in [1.29, 1.82) is 0 Å². The van der Waals surface area contributed by atoms with Crippen LogP contribution in [-0.4, -0.2) is 47.8 Å². The zero-order valence-electron chi connectivity index (χ0n) is 12.5. The summed E-state index contributed by atoms with van der Waals surface area (Å²) in [5.74, 6) is 1.51. The number of rotatable bonds is 8. The molecule has 0 aliphatic heterocycles. The highest BCUT2D eigenvalue weighted by atomic mass is 32.1. The largest absolute Gasteiger partial charge is 0.492 e. The van der Waals surface area contributed by atoms with E-state index in [1.807, 2.05) is 24.3 Å². The zero-order chi connectivity index (χ0) is 15.2. The summed E-state index contributed by atoms with van der Waals surface area (Å²) >= 11 is 4.89. The maximum Gasteiger partial charge on any atom is 0.119 e. The standard InChI is InChI=1S/C16H24N2O2S/c1-18(11-13-8-14(19)9-13)6-7-20-15-4-2-12(3-5-15)10-16(17)21/h2-5,13-14,19H,6-11H2,1H3,(H2,17,21). The normalized spacial score (nSPS) is 21.1. The first kappa shape index (κ1) is 16.2. The van der Waals surface area contributed by atoms with Crippen molar-refractivity contribution in [1.82, 2.24) is 4.90 Å². The summed E-state index contributed by atoms with van der Waals surface area (Å²) in [7, 11) is 2.10. The Bertz CT molecular complexity index is 458. The molecule has 1 saturated carbocycles. The molecular formula is C16H24N2O2S. The van der Waals surface area contributed by atoms with E-state index in [0.29, 0.717) is 23.9 Å². The van der Waals surface area contributed by atoms with Gasteiger partial charge >= 0.3 is 0 Å². The van der Waals surface area contributed by atoms with Crippen molar-refractivity contribution in [3.05, 3.63) is 29.8 Å². The van der Waals surface area contributed by atoms with Gasteiger partial charge in [0.1, 0.15) is 12.4 Å². The Morgan fingerprint density at radius 3 is 2.62 bits per heavy atom. The van der Waals surface area contributed by atoms with Crippen molar-refractivity contribution in [2.75, 3.05) is 26.7 Å². The molecule has 2 rings (SSSR count). The van der Waals surface area contributed by atoms with Crippen molar-refractivity contribution in [3.63, 3.8) is 0 Å². The molecule has 21 heavy (non-hydrogen) atoms. The minimum atomic E-state index is -0.0698. The molecule has 116 valence electrons. The molecule has 1 aromatic rings. The minimum Gasteiger partial charge on any atom is -0.492 e. The number of thiocarbonyl (C=S) groups is 1. The summed E-state index contributed by atoms with van der Waals surface area (Å²) in [6, 6.07) is 7.90. The Morgan fingerprint density at radius 1 is 1.38 bits per heavy atom. The number of benzene rings is 1. The number of hydrogen-bond acceptors (Lipinski definition) is 4. The van der Waals surface area contributed by atoms with E-state index in [2.05, 4.69) is 11.9 Å². The van der Waals surface area contributed by atoms with E-state index >= 15 is 0 Å². The summed E-state index contributed by atoms with van der Waals surface area (Å²) in [6.45, 7) is 2.59. The lowest BCUT2D eigenvalue weighted by Gasteiger charge is -2.34. The van der Waals surface area contributed by atoms with E-state index < -0.39 is 0 Å². The molecule has 1 aliphatic carbocycles. The molecule has 4 nitrogen and oxygen atoms in total. The average Bonchev–Trinajstić information content (AvgIpc) is 2.38. The number of ether oxygens (including phenoxy) is 1. The number of hydrogen-bond donors (Lipinski definition) is 2. The fraction of sp³-hybridized carbons (Fsp3) is 0.562. The predicted molar refractivity (Wildman–Crippen MR) is 88.7 cm³/mol. The second kappa shape index (κ2) is 7.73. The van der Waals surface area contributed by atoms with Crippen LogP contribution in [0, 0.1) is 5.92 Å². The van der Waals surface area contributed by atoms with Gasteiger partial charge in [0.05, 0.1) is 11.1 Å². The molecule has 0 amide bonds. The molecule has 5 heteroatoms. The van der Waals surface area contributed by atoms with Crippen molar-refractivity contribution in [2.45, 2.75) is 25.4 Å². The monoisotopic (exact) mass is 308 g/mol. The Morgan fingerprint density at radius 2 is 2.05 bits per heavy atom. The first-order valence-electron chi connectivity index (χ1n) is 7.39. The first-order chi connectivity index (χ1) is 10.0. The van der Waals surface area contributed by atoms with Crippen LogP contribution in [0.3, 0.4) is 0 Å². The molecule has 0 radical (unpaired) electrons. The molecule has 0 aromatic heterocycles. The van der Waals surface area contributed by atoms with Gasteiger partial charge in [-0.25, -0.2) is 0 Å². The second-order valence-corrected chi connectivity index (χ2v) is 6.41. The van der Waals surface area contributed by atoms with Crippen LogP contribution < -0.4 is 10.5 Å². The smallest absolute Gasteiger partial charge is 0.119 e. The van der Waals surface area contributed by atoms with Crippen LogP contribution in [0.2, 0.25) is 0 Å². The van der Waals surface area contributed by atoms with E-state index in [1.54, 1.807) is 0 Å². The Hall–Kier alpha value is -1.17. The highest BCUT2D eigenvalue weighted by Gasteiger charge is 2.27. The second-order valence-electron chi connectivity index (χ2n) is 5.89. The molecule has 1 aromatic carbocycles. The van der Waals surface area contributed by atoms with Crippen LogP contribution in [-0.2, 0) is 6.42 Å². The van der Waals surface area contributed by atoms with Gasteiger partial charge in [-0.3, -0.25) is 0 Å². The third-order valence-corrected chi connectivity index (χ3v) is 3.97. The lowest BCUT2D eigenvalue weighted by Crippen LogP contribution is -2.38. The van der Waals surface area contributed by atoms with Crippen molar-refractivity contribution < 1.29 is 9.84 Å². The highest BCUT2D eigenvalue weighted by Crippen LogP contribution is 2.27. The Labute approximate surface area is 131 Å². The van der Waals surface area contributed by atoms with E-state index in [1.165, 1.54) is 0 Å². The maximum atomic E-state index is 9.27. The molecule has 0 heterocycles. The van der Waals surface area contributed by atoms with Gasteiger partial charge in [-0.15, -0.1) is 0 Å². The molecule has 0 atom stereocenters. The Kier molecular flexibility index (Phi) is 5.96. The van der Waals surface area contributed by atoms with Gasteiger partial charge in [0.15, 0.2) is 0 Å². The molecule has 0 unspecified atom stereocenters. The quantitative estimate of drug-likeness (QED) is 0.714. The van der Waals surface area contributed by atoms with Gasteiger partial charge in [-0.05, 0) is 43.5 Å². The summed E-state index contributed by atoms with van der Waals surface area (Å²) in [5, 5.41) is 9.27. The summed E-state index contributed by atoms with van der Waals surface area (Å²) in [6.07, 6.45) is 2.44. The highest BCUT2D eigenvalue weighted by molar-refractivity contribution is 7.80. The van der Waals surface area contributed by atoms with Crippen LogP contribution in [0.25, 0.3) is 0 Å². The number of nitrogens with zero attached hydrogens (tertiary/aromatic N) is 1. The van der Waals surface area contributed by atoms with Gasteiger partial charge in [-0.2, -0.15) is 0 Å². The minimum absolute atomic E-state index is 0.0698. The van der Waals surface area contributed by atoms with Gasteiger partial charge < -0.3 is 20.5 Å². The number of nitrogens with two attached hydrogens (primary N) is 1. The van der Waals surface area contributed by atoms with E-state index in [-0.39, 0.29) is 6.10 Å². The summed E-state index contributed by atoms with van der Waals surface area (Å²) < 4.78 is 5.74. The van der Waals surface area contributed by atoms with Gasteiger partial charge in [-0.1, -0.05) is 24.4 Å². The summed E-state index contributed by atoms with van der Waals surface area (Å²) in [5.41, 5.74) is 6.63. The number of likely N-dealkylation sites (N-methyl/N-ethyl adjacent to an activating group) is 1. The Balaban J connectivity index is 1.64. The first-order valence-corrected chi connectivity index (χ1v) is 7.80. The van der Waals surface area contributed by atoms with Gasteiger partial charge in [0.2, 0.25) is 0 Å². The third-order valence-electron chi connectivity index (χ3n) is 3.82. The molecule has 0 bridgehead atoms. The molecule has 1 aliphatic rings. The molecular weight excluding hydrogens is 284 g/mol. The molecule has 0 saturated heterocycles. The van der Waals surface area contributed by atoms with Crippen LogP contribution in [0.15, 0.2) is 24.3 Å². The van der Waals surface area contributed by atoms with Crippen LogP contribution >= 0.6 is 12.2 Å². The fourth-order valence-corrected chi connectivity index (χ4v) is 2.77. The lowest BCUT2D eigenvalue weighted by atomic mass is 9.82. The topological polar surface area (TPSA) is 58.7 Å². The van der Waals surface area contributed by atoms with Crippen molar-refractivity contribution in [2.24, 2.45) is 11.7 Å². The van der Waals surface area contributed by atoms with E-state index in [9.17, 15) is 5.11 Å². The number of aliphatic hydroxyl groups excluding tert-OH is 1.